The zero-order valence-electron chi connectivity index (χ0n) is 12.2. The number of carbonyl (C=O) groups excluding carboxylic acids is 1. The average molecular weight is 298 g/mol. The van der Waals surface area contributed by atoms with Crippen molar-refractivity contribution in [3.63, 3.8) is 0 Å². The normalized spacial score (nSPS) is 10.3. The quantitative estimate of drug-likeness (QED) is 0.528. The molecule has 1 amide bonds. The summed E-state index contributed by atoms with van der Waals surface area (Å²) in [5, 5.41) is 2.91. The molecule has 0 saturated heterocycles. The second kappa shape index (κ2) is 10.6. The molecular formula is C16H24ClNO2. The molecular weight excluding hydrogens is 274 g/mol. The van der Waals surface area contributed by atoms with Crippen molar-refractivity contribution in [3.05, 3.63) is 29.8 Å². The van der Waals surface area contributed by atoms with Gasteiger partial charge in [0.2, 0.25) is 5.91 Å². The molecule has 0 unspecified atom stereocenters. The number of aryl methyl sites for hydroxylation is 1. The van der Waals surface area contributed by atoms with E-state index >= 15 is 0 Å². The summed E-state index contributed by atoms with van der Waals surface area (Å²) in [7, 11) is 0. The lowest BCUT2D eigenvalue weighted by Gasteiger charge is -2.07. The van der Waals surface area contributed by atoms with Crippen molar-refractivity contribution < 1.29 is 9.53 Å². The summed E-state index contributed by atoms with van der Waals surface area (Å²) in [6.45, 7) is 3.18. The number of hydrogen-bond donors (Lipinski definition) is 1. The van der Waals surface area contributed by atoms with Crippen molar-refractivity contribution in [2.75, 3.05) is 19.0 Å². The van der Waals surface area contributed by atoms with Crippen molar-refractivity contribution in [2.24, 2.45) is 0 Å². The Morgan fingerprint density at radius 2 is 2.05 bits per heavy atom. The van der Waals surface area contributed by atoms with Crippen LogP contribution in [0.2, 0.25) is 0 Å². The molecule has 20 heavy (non-hydrogen) atoms. The van der Waals surface area contributed by atoms with Crippen LogP contribution in [0.3, 0.4) is 0 Å². The number of benzene rings is 1. The Balaban J connectivity index is 2.03. The molecule has 0 spiro atoms. The van der Waals surface area contributed by atoms with E-state index in [1.165, 1.54) is 0 Å². The first-order valence-electron chi connectivity index (χ1n) is 7.24. The third-order valence-electron chi connectivity index (χ3n) is 2.97. The van der Waals surface area contributed by atoms with Gasteiger partial charge in [0, 0.05) is 12.4 Å². The lowest BCUT2D eigenvalue weighted by Crippen LogP contribution is -2.25. The van der Waals surface area contributed by atoms with E-state index in [1.807, 2.05) is 31.2 Å². The van der Waals surface area contributed by atoms with Gasteiger partial charge in [-0.15, -0.1) is 11.6 Å². The fourth-order valence-corrected chi connectivity index (χ4v) is 2.04. The van der Waals surface area contributed by atoms with Gasteiger partial charge in [-0.2, -0.15) is 0 Å². The molecule has 112 valence electrons. The number of hydrogen-bond acceptors (Lipinski definition) is 2. The Kier molecular flexibility index (Phi) is 8.88. The summed E-state index contributed by atoms with van der Waals surface area (Å²) in [5.74, 6) is 1.59. The van der Waals surface area contributed by atoms with Crippen molar-refractivity contribution >= 4 is 17.5 Å². The lowest BCUT2D eigenvalue weighted by molar-refractivity contribution is -0.121. The molecule has 0 heterocycles. The molecule has 0 atom stereocenters. The van der Waals surface area contributed by atoms with Crippen LogP contribution >= 0.6 is 11.6 Å². The topological polar surface area (TPSA) is 38.3 Å². The summed E-state index contributed by atoms with van der Waals surface area (Å²) in [4.78, 5) is 11.6. The van der Waals surface area contributed by atoms with Gasteiger partial charge in [-0.1, -0.05) is 25.0 Å². The molecule has 0 aliphatic carbocycles. The number of carbonyl (C=O) groups is 1. The van der Waals surface area contributed by atoms with Crippen LogP contribution in [-0.4, -0.2) is 24.9 Å². The van der Waals surface area contributed by atoms with Crippen LogP contribution in [0.4, 0.5) is 0 Å². The highest BCUT2D eigenvalue weighted by molar-refractivity contribution is 6.17. The highest BCUT2D eigenvalue weighted by Crippen LogP contribution is 2.12. The number of unbranched alkanes of at least 4 members (excludes halogenated alkanes) is 3. The lowest BCUT2D eigenvalue weighted by atomic mass is 10.2. The fraction of sp³-hybridized carbons (Fsp3) is 0.562. The highest BCUT2D eigenvalue weighted by atomic mass is 35.5. The molecule has 1 N–H and O–H groups in total. The summed E-state index contributed by atoms with van der Waals surface area (Å²) in [6.07, 6.45) is 4.72. The Labute approximate surface area is 126 Å². The molecule has 0 radical (unpaired) electrons. The fourth-order valence-electron chi connectivity index (χ4n) is 1.86. The van der Waals surface area contributed by atoms with E-state index in [0.717, 1.165) is 49.4 Å². The first-order valence-corrected chi connectivity index (χ1v) is 7.78. The number of rotatable bonds is 10. The predicted molar refractivity (Wildman–Crippen MR) is 83.5 cm³/mol. The van der Waals surface area contributed by atoms with Crippen LogP contribution in [0.25, 0.3) is 0 Å². The zero-order chi connectivity index (χ0) is 14.6. The van der Waals surface area contributed by atoms with Gasteiger partial charge in [-0.05, 0) is 37.5 Å². The van der Waals surface area contributed by atoms with Crippen LogP contribution in [0.15, 0.2) is 24.3 Å². The molecule has 1 aromatic rings. The molecule has 0 aromatic heterocycles. The molecule has 0 aliphatic rings. The van der Waals surface area contributed by atoms with Crippen LogP contribution in [0.1, 0.15) is 37.7 Å². The minimum absolute atomic E-state index is 0.0509. The summed E-state index contributed by atoms with van der Waals surface area (Å²) in [5.41, 5.74) is 1.16. The Morgan fingerprint density at radius 1 is 1.25 bits per heavy atom. The molecule has 0 saturated carbocycles. The SMILES string of the molecule is Cc1cccc(OCCC(=O)NCCCCCCCl)c1. The van der Waals surface area contributed by atoms with Gasteiger partial charge in [-0.3, -0.25) is 4.79 Å². The molecule has 4 heteroatoms. The number of amides is 1. The molecule has 3 nitrogen and oxygen atoms in total. The smallest absolute Gasteiger partial charge is 0.223 e. The Bertz CT molecular complexity index is 396. The van der Waals surface area contributed by atoms with Crippen molar-refractivity contribution in [1.29, 1.82) is 0 Å². The third kappa shape index (κ3) is 8.05. The molecule has 0 bridgehead atoms. The standard InChI is InChI=1S/C16H24ClNO2/c1-14-7-6-8-15(13-14)20-12-9-16(19)18-11-5-3-2-4-10-17/h6-8,13H,2-5,9-12H2,1H3,(H,18,19). The van der Waals surface area contributed by atoms with Crippen LogP contribution in [0.5, 0.6) is 5.75 Å². The minimum atomic E-state index is 0.0509. The number of halogens is 1. The van der Waals surface area contributed by atoms with Gasteiger partial charge in [0.25, 0.3) is 0 Å². The van der Waals surface area contributed by atoms with Crippen LogP contribution < -0.4 is 10.1 Å². The van der Waals surface area contributed by atoms with E-state index in [1.54, 1.807) is 0 Å². The number of ether oxygens (including phenoxy) is 1. The van der Waals surface area contributed by atoms with Gasteiger partial charge >= 0.3 is 0 Å². The van der Waals surface area contributed by atoms with Crippen molar-refractivity contribution in [1.82, 2.24) is 5.32 Å². The maximum Gasteiger partial charge on any atom is 0.223 e. The Hall–Kier alpha value is -1.22. The van der Waals surface area contributed by atoms with Gasteiger partial charge < -0.3 is 10.1 Å². The van der Waals surface area contributed by atoms with E-state index in [-0.39, 0.29) is 5.91 Å². The van der Waals surface area contributed by atoms with E-state index in [4.69, 9.17) is 16.3 Å². The number of nitrogens with one attached hydrogen (secondary N) is 1. The van der Waals surface area contributed by atoms with Crippen molar-refractivity contribution in [3.8, 4) is 5.75 Å². The third-order valence-corrected chi connectivity index (χ3v) is 3.24. The molecule has 0 aliphatic heterocycles. The second-order valence-corrected chi connectivity index (χ2v) is 5.25. The average Bonchev–Trinajstić information content (AvgIpc) is 2.43. The highest BCUT2D eigenvalue weighted by Gasteiger charge is 2.01. The first-order chi connectivity index (χ1) is 9.72. The van der Waals surface area contributed by atoms with Gasteiger partial charge in [-0.25, -0.2) is 0 Å². The minimum Gasteiger partial charge on any atom is -0.493 e. The van der Waals surface area contributed by atoms with Gasteiger partial charge in [0.05, 0.1) is 13.0 Å². The maximum absolute atomic E-state index is 11.6. The molecule has 0 fully saturated rings. The van der Waals surface area contributed by atoms with E-state index < -0.39 is 0 Å². The van der Waals surface area contributed by atoms with E-state index in [2.05, 4.69) is 5.32 Å². The van der Waals surface area contributed by atoms with E-state index in [9.17, 15) is 4.79 Å². The monoisotopic (exact) mass is 297 g/mol. The summed E-state index contributed by atoms with van der Waals surface area (Å²) >= 11 is 5.60. The zero-order valence-corrected chi connectivity index (χ0v) is 12.9. The van der Waals surface area contributed by atoms with E-state index in [0.29, 0.717) is 13.0 Å². The maximum atomic E-state index is 11.6. The molecule has 1 aromatic carbocycles. The van der Waals surface area contributed by atoms with Gasteiger partial charge in [0.1, 0.15) is 5.75 Å². The van der Waals surface area contributed by atoms with Gasteiger partial charge in [0.15, 0.2) is 0 Å². The van der Waals surface area contributed by atoms with Crippen LogP contribution in [-0.2, 0) is 4.79 Å². The Morgan fingerprint density at radius 3 is 2.80 bits per heavy atom. The second-order valence-electron chi connectivity index (χ2n) is 4.87. The first kappa shape index (κ1) is 16.8. The van der Waals surface area contributed by atoms with Crippen molar-refractivity contribution in [2.45, 2.75) is 39.0 Å². The molecule has 1 rings (SSSR count). The predicted octanol–water partition coefficient (Wildman–Crippen LogP) is 3.68. The summed E-state index contributed by atoms with van der Waals surface area (Å²) < 4.78 is 5.54. The summed E-state index contributed by atoms with van der Waals surface area (Å²) in [6, 6.07) is 7.84. The number of alkyl halides is 1. The van der Waals surface area contributed by atoms with Crippen LogP contribution in [0, 0.1) is 6.92 Å². The largest absolute Gasteiger partial charge is 0.493 e.